The van der Waals surface area contributed by atoms with Crippen LogP contribution in [0, 0.1) is 0 Å². The minimum atomic E-state index is 0.0569. The third kappa shape index (κ3) is 4.22. The molecule has 0 amide bonds. The van der Waals surface area contributed by atoms with E-state index in [0.29, 0.717) is 27.3 Å². The van der Waals surface area contributed by atoms with Crippen LogP contribution in [0.4, 0.5) is 0 Å². The molecule has 4 aromatic rings. The maximum absolute atomic E-state index is 12.8. The van der Waals surface area contributed by atoms with Crippen LogP contribution in [0.3, 0.4) is 0 Å². The Morgan fingerprint density at radius 2 is 2.00 bits per heavy atom. The molecule has 154 valence electrons. The number of Topliss-reactive ketones (excluding diaryl/α,β-unsaturated/α-hetero) is 1. The Bertz CT molecular complexity index is 1180. The van der Waals surface area contributed by atoms with Gasteiger partial charge >= 0.3 is 0 Å². The van der Waals surface area contributed by atoms with Crippen molar-refractivity contribution in [3.05, 3.63) is 70.6 Å². The third-order valence-corrected chi connectivity index (χ3v) is 6.19. The number of nitrogens with zero attached hydrogens (tertiary/aromatic N) is 3. The molecular weight excluding hydrogens is 420 g/mol. The van der Waals surface area contributed by atoms with Crippen LogP contribution >= 0.6 is 23.4 Å². The quantitative estimate of drug-likeness (QED) is 0.306. The van der Waals surface area contributed by atoms with Crippen LogP contribution in [0.5, 0.6) is 5.75 Å². The average molecular weight is 441 g/mol. The third-order valence-electron chi connectivity index (χ3n) is 4.92. The number of carbonyl (C=O) groups is 1. The number of aromatic amines is 1. The van der Waals surface area contributed by atoms with Crippen LogP contribution in [0.15, 0.2) is 53.8 Å². The minimum absolute atomic E-state index is 0.0569. The molecule has 1 N–H and O–H groups in total. The van der Waals surface area contributed by atoms with Gasteiger partial charge in [0.2, 0.25) is 0 Å². The second kappa shape index (κ2) is 8.93. The summed E-state index contributed by atoms with van der Waals surface area (Å²) >= 11 is 7.26. The van der Waals surface area contributed by atoms with Gasteiger partial charge < -0.3 is 14.3 Å². The molecule has 2 aromatic heterocycles. The van der Waals surface area contributed by atoms with Gasteiger partial charge in [-0.2, -0.15) is 0 Å². The molecule has 4 rings (SSSR count). The Kier molecular flexibility index (Phi) is 6.11. The van der Waals surface area contributed by atoms with Gasteiger partial charge in [0.25, 0.3) is 0 Å². The largest absolute Gasteiger partial charge is 0.486 e. The number of para-hydroxylation sites is 1. The number of fused-ring (bicyclic) bond motifs is 1. The van der Waals surface area contributed by atoms with Crippen molar-refractivity contribution in [3.63, 3.8) is 0 Å². The highest BCUT2D eigenvalue weighted by Crippen LogP contribution is 2.25. The number of aryl methyl sites for hydroxylation is 1. The van der Waals surface area contributed by atoms with Crippen molar-refractivity contribution in [2.75, 3.05) is 5.75 Å². The topological polar surface area (TPSA) is 72.8 Å². The number of H-pyrrole nitrogens is 1. The van der Waals surface area contributed by atoms with Crippen molar-refractivity contribution in [1.29, 1.82) is 0 Å². The van der Waals surface area contributed by atoms with E-state index >= 15 is 0 Å². The number of halogens is 1. The Labute approximate surface area is 183 Å². The summed E-state index contributed by atoms with van der Waals surface area (Å²) in [6, 6.07) is 13.2. The van der Waals surface area contributed by atoms with E-state index in [1.807, 2.05) is 23.7 Å². The molecule has 0 spiro atoms. The Morgan fingerprint density at radius 1 is 1.20 bits per heavy atom. The molecule has 6 nitrogen and oxygen atoms in total. The van der Waals surface area contributed by atoms with E-state index in [0.717, 1.165) is 17.3 Å². The van der Waals surface area contributed by atoms with Gasteiger partial charge in [-0.3, -0.25) is 4.79 Å². The van der Waals surface area contributed by atoms with Crippen molar-refractivity contribution in [1.82, 2.24) is 19.7 Å². The van der Waals surface area contributed by atoms with E-state index in [1.54, 1.807) is 30.5 Å². The summed E-state index contributed by atoms with van der Waals surface area (Å²) in [5.74, 6) is 1.73. The van der Waals surface area contributed by atoms with Crippen LogP contribution in [0.2, 0.25) is 5.02 Å². The maximum Gasteiger partial charge on any atom is 0.191 e. The van der Waals surface area contributed by atoms with Crippen molar-refractivity contribution < 1.29 is 9.53 Å². The van der Waals surface area contributed by atoms with Crippen molar-refractivity contribution in [2.45, 2.75) is 25.1 Å². The fourth-order valence-corrected chi connectivity index (χ4v) is 4.16. The van der Waals surface area contributed by atoms with Crippen LogP contribution in [0.25, 0.3) is 10.9 Å². The molecule has 0 aliphatic rings. The highest BCUT2D eigenvalue weighted by molar-refractivity contribution is 7.99. The van der Waals surface area contributed by atoms with Gasteiger partial charge in [-0.1, -0.05) is 48.5 Å². The van der Waals surface area contributed by atoms with Gasteiger partial charge in [0.1, 0.15) is 12.4 Å². The normalized spacial score (nSPS) is 11.2. The van der Waals surface area contributed by atoms with E-state index in [1.165, 1.54) is 17.3 Å². The van der Waals surface area contributed by atoms with Gasteiger partial charge in [-0.25, -0.2) is 0 Å². The first-order valence-electron chi connectivity index (χ1n) is 9.58. The summed E-state index contributed by atoms with van der Waals surface area (Å²) in [7, 11) is 1.87. The number of carbonyl (C=O) groups excluding carboxylic acids is 1. The fourth-order valence-electron chi connectivity index (χ4n) is 3.23. The monoisotopic (exact) mass is 440 g/mol. The van der Waals surface area contributed by atoms with E-state index in [4.69, 9.17) is 16.3 Å². The van der Waals surface area contributed by atoms with Gasteiger partial charge in [-0.15, -0.1) is 10.2 Å². The summed E-state index contributed by atoms with van der Waals surface area (Å²) in [5.41, 5.74) is 2.95. The number of hydrogen-bond acceptors (Lipinski definition) is 5. The lowest BCUT2D eigenvalue weighted by atomic mass is 10.1. The summed E-state index contributed by atoms with van der Waals surface area (Å²) < 4.78 is 7.58. The molecule has 0 saturated heterocycles. The maximum atomic E-state index is 12.8. The molecule has 0 saturated carbocycles. The van der Waals surface area contributed by atoms with E-state index < -0.39 is 0 Å². The van der Waals surface area contributed by atoms with Gasteiger partial charge in [0.15, 0.2) is 16.8 Å². The smallest absolute Gasteiger partial charge is 0.191 e. The minimum Gasteiger partial charge on any atom is -0.486 e. The van der Waals surface area contributed by atoms with Crippen molar-refractivity contribution >= 4 is 40.0 Å². The lowest BCUT2D eigenvalue weighted by Crippen LogP contribution is -2.06. The predicted octanol–water partition coefficient (Wildman–Crippen LogP) is 5.07. The van der Waals surface area contributed by atoms with Crippen molar-refractivity contribution in [2.24, 2.45) is 7.05 Å². The second-order valence-corrected chi connectivity index (χ2v) is 8.19. The van der Waals surface area contributed by atoms with E-state index in [9.17, 15) is 4.79 Å². The first kappa shape index (κ1) is 20.5. The number of ketones is 1. The number of aromatic nitrogens is 4. The molecular formula is C22H21ClN4O2S. The molecule has 0 aliphatic carbocycles. The highest BCUT2D eigenvalue weighted by atomic mass is 35.5. The molecule has 0 atom stereocenters. The average Bonchev–Trinajstić information content (AvgIpc) is 3.35. The van der Waals surface area contributed by atoms with Crippen molar-refractivity contribution in [3.8, 4) is 5.75 Å². The Hall–Kier alpha value is -2.77. The highest BCUT2D eigenvalue weighted by Gasteiger charge is 2.16. The van der Waals surface area contributed by atoms with E-state index in [2.05, 4.69) is 28.2 Å². The van der Waals surface area contributed by atoms with Crippen LogP contribution in [-0.2, 0) is 20.1 Å². The first-order chi connectivity index (χ1) is 14.6. The number of benzene rings is 2. The Morgan fingerprint density at radius 3 is 2.77 bits per heavy atom. The molecule has 2 heterocycles. The Balaban J connectivity index is 1.41. The SMILES string of the molecule is CCc1cccc2c(C(=O)CSc3nnc(COc4ccc(Cl)cc4)n3C)c[nH]c12. The molecule has 2 aromatic carbocycles. The summed E-state index contributed by atoms with van der Waals surface area (Å²) in [6.45, 7) is 2.39. The van der Waals surface area contributed by atoms with Gasteiger partial charge in [0.05, 0.1) is 5.75 Å². The summed E-state index contributed by atoms with van der Waals surface area (Å²) in [4.78, 5) is 16.1. The molecule has 0 fully saturated rings. The fraction of sp³-hybridized carbons (Fsp3) is 0.227. The molecule has 8 heteroatoms. The van der Waals surface area contributed by atoms with E-state index in [-0.39, 0.29) is 18.1 Å². The van der Waals surface area contributed by atoms with Crippen LogP contribution < -0.4 is 4.74 Å². The predicted molar refractivity (Wildman–Crippen MR) is 120 cm³/mol. The lowest BCUT2D eigenvalue weighted by molar-refractivity contribution is 0.102. The number of rotatable bonds is 8. The first-order valence-corrected chi connectivity index (χ1v) is 10.9. The zero-order valence-corrected chi connectivity index (χ0v) is 18.3. The zero-order chi connectivity index (χ0) is 21.1. The summed E-state index contributed by atoms with van der Waals surface area (Å²) in [6.07, 6.45) is 2.72. The van der Waals surface area contributed by atoms with Crippen LogP contribution in [-0.4, -0.2) is 31.3 Å². The number of thioether (sulfide) groups is 1. The number of ether oxygens (including phenoxy) is 1. The lowest BCUT2D eigenvalue weighted by Gasteiger charge is -2.06. The molecule has 0 unspecified atom stereocenters. The molecule has 30 heavy (non-hydrogen) atoms. The zero-order valence-electron chi connectivity index (χ0n) is 16.7. The second-order valence-electron chi connectivity index (χ2n) is 6.81. The molecule has 0 radical (unpaired) electrons. The number of nitrogens with one attached hydrogen (secondary N) is 1. The van der Waals surface area contributed by atoms with Gasteiger partial charge in [-0.05, 0) is 36.2 Å². The summed E-state index contributed by atoms with van der Waals surface area (Å²) in [5, 5.41) is 10.7. The van der Waals surface area contributed by atoms with Crippen LogP contribution in [0.1, 0.15) is 28.7 Å². The standard InChI is InChI=1S/C22H21ClN4O2S/c1-3-14-5-4-6-17-18(11-24-21(14)17)19(28)13-30-22-26-25-20(27(22)2)12-29-16-9-7-15(23)8-10-16/h4-11,24H,3,12-13H2,1-2H3. The molecule has 0 aliphatic heterocycles. The number of hydrogen-bond donors (Lipinski definition) is 1. The van der Waals surface area contributed by atoms with Gasteiger partial charge in [0, 0.05) is 34.7 Å². The molecule has 0 bridgehead atoms.